The molecule has 0 N–H and O–H groups in total. The average molecular weight is 253 g/mol. The summed E-state index contributed by atoms with van der Waals surface area (Å²) in [4.78, 5) is 11.9. The highest BCUT2D eigenvalue weighted by Gasteiger charge is 2.40. The molecule has 0 aromatic carbocycles. The number of Topliss-reactive ketones (excluding diaryl/α,β-unsaturated/α-hetero) is 1. The van der Waals surface area contributed by atoms with Crippen molar-refractivity contribution in [1.82, 2.24) is 4.57 Å². The maximum absolute atomic E-state index is 11.9. The van der Waals surface area contributed by atoms with Gasteiger partial charge in [-0.25, -0.2) is 0 Å². The van der Waals surface area contributed by atoms with Crippen molar-refractivity contribution < 1.29 is 4.79 Å². The van der Waals surface area contributed by atoms with E-state index in [-0.39, 0.29) is 11.2 Å². The summed E-state index contributed by atoms with van der Waals surface area (Å²) in [7, 11) is 0. The van der Waals surface area contributed by atoms with Gasteiger partial charge in [-0.05, 0) is 22.0 Å². The van der Waals surface area contributed by atoms with Crippen LogP contribution in [0.2, 0.25) is 0 Å². The number of halogens is 1. The number of fused-ring (bicyclic) bond motifs is 1. The van der Waals surface area contributed by atoms with Crippen LogP contribution in [-0.2, 0) is 6.54 Å². The zero-order valence-electron chi connectivity index (χ0n) is 7.97. The van der Waals surface area contributed by atoms with Crippen LogP contribution in [0, 0.1) is 16.7 Å². The first-order valence-electron chi connectivity index (χ1n) is 4.31. The molecule has 2 heterocycles. The smallest absolute Gasteiger partial charge is 0.187 e. The minimum Gasteiger partial charge on any atom is -0.328 e. The molecule has 3 nitrogen and oxygen atoms in total. The highest BCUT2D eigenvalue weighted by molar-refractivity contribution is 9.10. The molecule has 14 heavy (non-hydrogen) atoms. The van der Waals surface area contributed by atoms with E-state index in [0.29, 0.717) is 17.9 Å². The summed E-state index contributed by atoms with van der Waals surface area (Å²) in [5, 5.41) is 8.87. The second-order valence-corrected chi connectivity index (χ2v) is 4.99. The van der Waals surface area contributed by atoms with Gasteiger partial charge in [0.2, 0.25) is 0 Å². The van der Waals surface area contributed by atoms with E-state index >= 15 is 0 Å². The van der Waals surface area contributed by atoms with Gasteiger partial charge in [0.15, 0.2) is 5.78 Å². The molecule has 72 valence electrons. The molecule has 4 heteroatoms. The van der Waals surface area contributed by atoms with Crippen LogP contribution < -0.4 is 0 Å². The van der Waals surface area contributed by atoms with Crippen LogP contribution in [0.5, 0.6) is 0 Å². The second-order valence-electron chi connectivity index (χ2n) is 4.14. The van der Waals surface area contributed by atoms with Gasteiger partial charge < -0.3 is 4.57 Å². The van der Waals surface area contributed by atoms with Crippen LogP contribution in [0.3, 0.4) is 0 Å². The molecule has 0 fully saturated rings. The van der Waals surface area contributed by atoms with Crippen molar-refractivity contribution in [3.05, 3.63) is 21.9 Å². The van der Waals surface area contributed by atoms with E-state index in [1.54, 1.807) is 10.6 Å². The molecular formula is C10H9BrN2O. The molecule has 0 aliphatic carbocycles. The van der Waals surface area contributed by atoms with Crippen molar-refractivity contribution in [2.45, 2.75) is 20.4 Å². The second kappa shape index (κ2) is 2.71. The van der Waals surface area contributed by atoms with E-state index in [1.807, 2.05) is 13.8 Å². The van der Waals surface area contributed by atoms with Crippen LogP contribution in [0.25, 0.3) is 0 Å². The van der Waals surface area contributed by atoms with Gasteiger partial charge in [0.25, 0.3) is 0 Å². The summed E-state index contributed by atoms with van der Waals surface area (Å²) in [6.07, 6.45) is 0. The third-order valence-electron chi connectivity index (χ3n) is 2.55. The minimum absolute atomic E-state index is 0.103. The summed E-state index contributed by atoms with van der Waals surface area (Å²) in [6, 6.07) is 3.78. The molecule has 1 aromatic heterocycles. The van der Waals surface area contributed by atoms with Gasteiger partial charge in [-0.1, -0.05) is 13.8 Å². The van der Waals surface area contributed by atoms with Crippen molar-refractivity contribution in [1.29, 1.82) is 5.26 Å². The summed E-state index contributed by atoms with van der Waals surface area (Å²) >= 11 is 3.31. The number of nitrogens with zero attached hydrogens (tertiary/aromatic N) is 2. The predicted molar refractivity (Wildman–Crippen MR) is 55.0 cm³/mol. The fraction of sp³-hybridized carbons (Fsp3) is 0.400. The lowest BCUT2D eigenvalue weighted by atomic mass is 9.90. The summed E-state index contributed by atoms with van der Waals surface area (Å²) in [5.74, 6) is 0.103. The number of aromatic nitrogens is 1. The molecule has 0 unspecified atom stereocenters. The molecule has 0 atom stereocenters. The SMILES string of the molecule is CC1(C)Cn2c(C#N)cc(Br)c2C1=O. The molecule has 0 saturated carbocycles. The molecule has 1 aliphatic heterocycles. The van der Waals surface area contributed by atoms with Crippen LogP contribution >= 0.6 is 15.9 Å². The van der Waals surface area contributed by atoms with E-state index < -0.39 is 0 Å². The number of hydrogen-bond donors (Lipinski definition) is 0. The Morgan fingerprint density at radius 3 is 2.86 bits per heavy atom. The van der Waals surface area contributed by atoms with E-state index in [0.717, 1.165) is 4.47 Å². The first-order valence-corrected chi connectivity index (χ1v) is 5.10. The lowest BCUT2D eigenvalue weighted by molar-refractivity contribution is 0.0860. The highest BCUT2D eigenvalue weighted by Crippen LogP contribution is 2.37. The van der Waals surface area contributed by atoms with E-state index in [1.165, 1.54) is 0 Å². The van der Waals surface area contributed by atoms with Crippen molar-refractivity contribution in [3.63, 3.8) is 0 Å². The third kappa shape index (κ3) is 1.05. The van der Waals surface area contributed by atoms with Crippen molar-refractivity contribution in [3.8, 4) is 6.07 Å². The zero-order valence-corrected chi connectivity index (χ0v) is 9.55. The number of carbonyl (C=O) groups excluding carboxylic acids is 1. The zero-order chi connectivity index (χ0) is 10.5. The molecule has 0 saturated heterocycles. The van der Waals surface area contributed by atoms with E-state index in [9.17, 15) is 4.79 Å². The van der Waals surface area contributed by atoms with Gasteiger partial charge in [0.1, 0.15) is 17.5 Å². The third-order valence-corrected chi connectivity index (χ3v) is 3.15. The van der Waals surface area contributed by atoms with Crippen molar-refractivity contribution >= 4 is 21.7 Å². The van der Waals surface area contributed by atoms with Gasteiger partial charge in [-0.15, -0.1) is 0 Å². The van der Waals surface area contributed by atoms with Crippen molar-refractivity contribution in [2.75, 3.05) is 0 Å². The predicted octanol–water partition coefficient (Wildman–Crippen LogP) is 2.34. The van der Waals surface area contributed by atoms with Gasteiger partial charge in [0, 0.05) is 16.4 Å². The molecule has 2 rings (SSSR count). The van der Waals surface area contributed by atoms with Crippen LogP contribution in [0.1, 0.15) is 30.0 Å². The Kier molecular flexibility index (Phi) is 1.83. The lowest BCUT2D eigenvalue weighted by Crippen LogP contribution is -2.20. The van der Waals surface area contributed by atoms with Gasteiger partial charge >= 0.3 is 0 Å². The lowest BCUT2D eigenvalue weighted by Gasteiger charge is -2.13. The Labute approximate surface area is 90.5 Å². The standard InChI is InChI=1S/C10H9BrN2O/c1-10(2)5-13-6(4-12)3-7(11)8(13)9(10)14/h3H,5H2,1-2H3. The number of rotatable bonds is 0. The first-order chi connectivity index (χ1) is 6.47. The van der Waals surface area contributed by atoms with Gasteiger partial charge in [-0.3, -0.25) is 4.79 Å². The number of ketones is 1. The molecule has 0 amide bonds. The highest BCUT2D eigenvalue weighted by atomic mass is 79.9. The number of carbonyl (C=O) groups is 1. The summed E-state index contributed by atoms with van der Waals surface area (Å²) in [5.41, 5.74) is 0.794. The monoisotopic (exact) mass is 252 g/mol. The fourth-order valence-corrected chi connectivity index (χ4v) is 2.40. The maximum atomic E-state index is 11.9. The number of nitriles is 1. The molecule has 0 bridgehead atoms. The van der Waals surface area contributed by atoms with E-state index in [4.69, 9.17) is 5.26 Å². The quantitative estimate of drug-likeness (QED) is 0.712. The summed E-state index contributed by atoms with van der Waals surface area (Å²) < 4.78 is 2.51. The van der Waals surface area contributed by atoms with Crippen LogP contribution in [0.4, 0.5) is 0 Å². The molecule has 0 radical (unpaired) electrons. The Bertz CT molecular complexity index is 465. The molecule has 0 spiro atoms. The van der Waals surface area contributed by atoms with Crippen LogP contribution in [0.15, 0.2) is 10.5 Å². The summed E-state index contributed by atoms with van der Waals surface area (Å²) in [6.45, 7) is 4.39. The first kappa shape index (κ1) is 9.47. The topological polar surface area (TPSA) is 45.8 Å². The number of hydrogen-bond acceptors (Lipinski definition) is 2. The van der Waals surface area contributed by atoms with Gasteiger partial charge in [0.05, 0.1) is 0 Å². The Balaban J connectivity index is 2.67. The molecule has 1 aromatic rings. The van der Waals surface area contributed by atoms with Gasteiger partial charge in [-0.2, -0.15) is 5.26 Å². The minimum atomic E-state index is -0.384. The Morgan fingerprint density at radius 2 is 2.29 bits per heavy atom. The maximum Gasteiger partial charge on any atom is 0.187 e. The Hall–Kier alpha value is -1.08. The largest absolute Gasteiger partial charge is 0.328 e. The molecular weight excluding hydrogens is 244 g/mol. The normalized spacial score (nSPS) is 18.0. The molecule has 1 aliphatic rings. The average Bonchev–Trinajstić information content (AvgIpc) is 2.51. The van der Waals surface area contributed by atoms with Crippen LogP contribution in [-0.4, -0.2) is 10.4 Å². The van der Waals surface area contributed by atoms with E-state index in [2.05, 4.69) is 22.0 Å². The van der Waals surface area contributed by atoms with Crippen molar-refractivity contribution in [2.24, 2.45) is 5.41 Å². The fourth-order valence-electron chi connectivity index (χ4n) is 1.79. The Morgan fingerprint density at radius 1 is 1.64 bits per heavy atom.